The molecule has 1 heterocycles. The Bertz CT molecular complexity index is 442. The van der Waals surface area contributed by atoms with Crippen molar-refractivity contribution in [1.82, 2.24) is 5.32 Å². The third-order valence-electron chi connectivity index (χ3n) is 3.20. The molecule has 0 bridgehead atoms. The highest BCUT2D eigenvalue weighted by molar-refractivity contribution is 5.84. The summed E-state index contributed by atoms with van der Waals surface area (Å²) in [6.07, 6.45) is 0.403. The Kier molecular flexibility index (Phi) is 3.11. The Labute approximate surface area is 97.8 Å². The molecule has 1 aliphatic heterocycles. The van der Waals surface area contributed by atoms with Gasteiger partial charge in [0.2, 0.25) is 0 Å². The molecule has 0 saturated carbocycles. The Balaban J connectivity index is 2.53. The number of carbonyl (C=O) groups excluding carboxylic acids is 1. The Morgan fingerprint density at radius 3 is 2.82 bits per heavy atom. The second-order valence-electron chi connectivity index (χ2n) is 4.10. The summed E-state index contributed by atoms with van der Waals surface area (Å²) >= 11 is 0. The van der Waals surface area contributed by atoms with Gasteiger partial charge in [0.05, 0.1) is 7.11 Å². The second kappa shape index (κ2) is 4.41. The van der Waals surface area contributed by atoms with E-state index >= 15 is 0 Å². The van der Waals surface area contributed by atoms with Crippen molar-refractivity contribution in [3.63, 3.8) is 0 Å². The van der Waals surface area contributed by atoms with Crippen molar-refractivity contribution >= 4 is 5.97 Å². The van der Waals surface area contributed by atoms with E-state index in [1.807, 2.05) is 0 Å². The normalized spacial score (nSPS) is 23.7. The minimum Gasteiger partial charge on any atom is -0.468 e. The van der Waals surface area contributed by atoms with Crippen LogP contribution in [0.4, 0.5) is 8.78 Å². The summed E-state index contributed by atoms with van der Waals surface area (Å²) in [6.45, 7) is 0.838. The maximum Gasteiger partial charge on any atom is 0.317 e. The van der Waals surface area contributed by atoms with Gasteiger partial charge in [0.15, 0.2) is 11.6 Å². The predicted octanol–water partition coefficient (Wildman–Crippen LogP) is 1.37. The fraction of sp³-hybridized carbons (Fsp3) is 0.417. The zero-order valence-corrected chi connectivity index (χ0v) is 9.43. The van der Waals surface area contributed by atoms with Crippen molar-refractivity contribution < 1.29 is 18.3 Å². The first-order chi connectivity index (χ1) is 8.12. The van der Waals surface area contributed by atoms with Crippen LogP contribution in [0.15, 0.2) is 18.2 Å². The molecule has 17 heavy (non-hydrogen) atoms. The van der Waals surface area contributed by atoms with E-state index in [4.69, 9.17) is 4.74 Å². The summed E-state index contributed by atoms with van der Waals surface area (Å²) in [5, 5.41) is 2.98. The van der Waals surface area contributed by atoms with Gasteiger partial charge in [-0.1, -0.05) is 12.1 Å². The molecular weight excluding hydrogens is 228 g/mol. The lowest BCUT2D eigenvalue weighted by Crippen LogP contribution is -2.40. The molecule has 92 valence electrons. The van der Waals surface area contributed by atoms with Gasteiger partial charge < -0.3 is 10.1 Å². The van der Waals surface area contributed by atoms with E-state index in [1.54, 1.807) is 0 Å². The largest absolute Gasteiger partial charge is 0.468 e. The number of nitrogens with one attached hydrogen (secondary N) is 1. The van der Waals surface area contributed by atoms with E-state index in [0.29, 0.717) is 13.0 Å². The first-order valence-corrected chi connectivity index (χ1v) is 5.35. The van der Waals surface area contributed by atoms with Gasteiger partial charge in [0.25, 0.3) is 0 Å². The van der Waals surface area contributed by atoms with Crippen molar-refractivity contribution in [3.05, 3.63) is 35.4 Å². The fourth-order valence-corrected chi connectivity index (χ4v) is 2.27. The minimum absolute atomic E-state index is 0.0642. The van der Waals surface area contributed by atoms with E-state index in [2.05, 4.69) is 5.32 Å². The van der Waals surface area contributed by atoms with Crippen LogP contribution >= 0.6 is 0 Å². The molecule has 3 nitrogen and oxygen atoms in total. The number of carbonyl (C=O) groups is 1. The first kappa shape index (κ1) is 12.0. The number of hydrogen-bond acceptors (Lipinski definition) is 3. The van der Waals surface area contributed by atoms with Crippen molar-refractivity contribution in [2.24, 2.45) is 0 Å². The van der Waals surface area contributed by atoms with Crippen LogP contribution in [0.3, 0.4) is 0 Å². The smallest absolute Gasteiger partial charge is 0.317 e. The number of esters is 1. The molecule has 1 N–H and O–H groups in total. The number of halogens is 2. The van der Waals surface area contributed by atoms with Crippen LogP contribution in [0.25, 0.3) is 0 Å². The van der Waals surface area contributed by atoms with Crippen LogP contribution in [0.2, 0.25) is 0 Å². The Hall–Kier alpha value is -1.49. The zero-order valence-electron chi connectivity index (χ0n) is 9.43. The second-order valence-corrected chi connectivity index (χ2v) is 4.10. The molecule has 0 radical (unpaired) electrons. The van der Waals surface area contributed by atoms with Gasteiger partial charge in [-0.15, -0.1) is 0 Å². The van der Waals surface area contributed by atoms with Crippen LogP contribution in [0.5, 0.6) is 0 Å². The van der Waals surface area contributed by atoms with Gasteiger partial charge in [0, 0.05) is 12.1 Å². The molecule has 1 unspecified atom stereocenters. The zero-order chi connectivity index (χ0) is 12.5. The summed E-state index contributed by atoms with van der Waals surface area (Å²) in [7, 11) is 1.25. The third kappa shape index (κ3) is 1.80. The van der Waals surface area contributed by atoms with E-state index in [9.17, 15) is 13.6 Å². The molecule has 0 amide bonds. The average Bonchev–Trinajstić information content (AvgIpc) is 2.82. The summed E-state index contributed by atoms with van der Waals surface area (Å²) in [5.74, 6) is -2.45. The SMILES string of the molecule is COC(=O)C1(c2cccc(F)c2F)CCNC1. The number of hydrogen-bond donors (Lipinski definition) is 1. The van der Waals surface area contributed by atoms with Crippen LogP contribution < -0.4 is 5.32 Å². The molecule has 2 rings (SSSR count). The van der Waals surface area contributed by atoms with Crippen molar-refractivity contribution in [2.45, 2.75) is 11.8 Å². The molecule has 1 aliphatic rings. The molecule has 1 aromatic carbocycles. The predicted molar refractivity (Wildman–Crippen MR) is 57.5 cm³/mol. The molecule has 1 aromatic rings. The van der Waals surface area contributed by atoms with Gasteiger partial charge in [-0.25, -0.2) is 8.78 Å². The molecule has 0 aliphatic carbocycles. The van der Waals surface area contributed by atoms with Gasteiger partial charge in [0.1, 0.15) is 5.41 Å². The quantitative estimate of drug-likeness (QED) is 0.795. The highest BCUT2D eigenvalue weighted by atomic mass is 19.2. The lowest BCUT2D eigenvalue weighted by atomic mass is 9.79. The monoisotopic (exact) mass is 241 g/mol. The standard InChI is InChI=1S/C12H13F2NO2/c1-17-11(16)12(5-6-15-7-12)8-3-2-4-9(13)10(8)14/h2-4,15H,5-7H2,1H3. The number of rotatable bonds is 2. The molecule has 1 atom stereocenters. The lowest BCUT2D eigenvalue weighted by Gasteiger charge is -2.25. The van der Waals surface area contributed by atoms with E-state index in [1.165, 1.54) is 19.2 Å². The average molecular weight is 241 g/mol. The fourth-order valence-electron chi connectivity index (χ4n) is 2.27. The molecular formula is C12H13F2NO2. The number of methoxy groups -OCH3 is 1. The summed E-state index contributed by atoms with van der Waals surface area (Å²) in [4.78, 5) is 11.8. The van der Waals surface area contributed by atoms with Crippen molar-refractivity contribution in [2.75, 3.05) is 20.2 Å². The molecule has 1 fully saturated rings. The molecule has 1 saturated heterocycles. The summed E-state index contributed by atoms with van der Waals surface area (Å²) in [5.41, 5.74) is -1.05. The highest BCUT2D eigenvalue weighted by Gasteiger charge is 2.46. The summed E-state index contributed by atoms with van der Waals surface area (Å²) < 4.78 is 31.7. The Morgan fingerprint density at radius 2 is 2.24 bits per heavy atom. The van der Waals surface area contributed by atoms with Gasteiger partial charge in [-0.3, -0.25) is 4.79 Å². The molecule has 5 heteroatoms. The maximum atomic E-state index is 13.8. The first-order valence-electron chi connectivity index (χ1n) is 5.35. The minimum atomic E-state index is -1.11. The highest BCUT2D eigenvalue weighted by Crippen LogP contribution is 2.34. The summed E-state index contributed by atoms with van der Waals surface area (Å²) in [6, 6.07) is 3.87. The van der Waals surface area contributed by atoms with Crippen LogP contribution in [-0.2, 0) is 14.9 Å². The van der Waals surface area contributed by atoms with E-state index in [-0.39, 0.29) is 12.1 Å². The van der Waals surface area contributed by atoms with E-state index < -0.39 is 23.0 Å². The van der Waals surface area contributed by atoms with Gasteiger partial charge >= 0.3 is 5.97 Å². The number of ether oxygens (including phenoxy) is 1. The van der Waals surface area contributed by atoms with Crippen LogP contribution in [0, 0.1) is 11.6 Å². The van der Waals surface area contributed by atoms with Gasteiger partial charge in [-0.2, -0.15) is 0 Å². The topological polar surface area (TPSA) is 38.3 Å². The maximum absolute atomic E-state index is 13.8. The number of benzene rings is 1. The molecule has 0 spiro atoms. The van der Waals surface area contributed by atoms with Crippen molar-refractivity contribution in [3.8, 4) is 0 Å². The lowest BCUT2D eigenvalue weighted by molar-refractivity contribution is -0.147. The third-order valence-corrected chi connectivity index (χ3v) is 3.20. The van der Waals surface area contributed by atoms with Crippen LogP contribution in [0.1, 0.15) is 12.0 Å². The molecule has 0 aromatic heterocycles. The van der Waals surface area contributed by atoms with Crippen molar-refractivity contribution in [1.29, 1.82) is 0 Å². The van der Waals surface area contributed by atoms with Crippen LogP contribution in [-0.4, -0.2) is 26.2 Å². The van der Waals surface area contributed by atoms with E-state index in [0.717, 1.165) is 6.07 Å². The van der Waals surface area contributed by atoms with Gasteiger partial charge in [-0.05, 0) is 19.0 Å². The Morgan fingerprint density at radius 1 is 1.47 bits per heavy atom.